The number of aromatic nitrogens is 2. The first-order valence-electron chi connectivity index (χ1n) is 8.54. The average molecular weight is 389 g/mol. The van der Waals surface area contributed by atoms with E-state index >= 15 is 0 Å². The summed E-state index contributed by atoms with van der Waals surface area (Å²) in [5.74, 6) is -0.260. The summed E-state index contributed by atoms with van der Waals surface area (Å²) < 4.78 is 0. The molecule has 28 heavy (non-hydrogen) atoms. The highest BCUT2D eigenvalue weighted by Crippen LogP contribution is 2.56. The highest BCUT2D eigenvalue weighted by molar-refractivity contribution is 8.14. The molecule has 0 aliphatic carbocycles. The highest BCUT2D eigenvalue weighted by Gasteiger charge is 2.60. The first kappa shape index (κ1) is 15.5. The van der Waals surface area contributed by atoms with E-state index in [0.717, 1.165) is 10.6 Å². The number of carbonyl (C=O) groups is 1. The summed E-state index contributed by atoms with van der Waals surface area (Å²) in [7, 11) is 0. The van der Waals surface area contributed by atoms with Gasteiger partial charge in [-0.05, 0) is 30.0 Å². The van der Waals surface area contributed by atoms with Crippen molar-refractivity contribution in [2.24, 2.45) is 4.99 Å². The molecule has 0 bridgehead atoms. The van der Waals surface area contributed by atoms with Crippen LogP contribution < -0.4 is 21.5 Å². The van der Waals surface area contributed by atoms with Gasteiger partial charge in [-0.25, -0.2) is 9.79 Å². The second-order valence-corrected chi connectivity index (χ2v) is 7.65. The summed E-state index contributed by atoms with van der Waals surface area (Å²) in [6.07, 6.45) is 0. The van der Waals surface area contributed by atoms with E-state index in [1.807, 2.05) is 42.5 Å². The molecule has 4 heterocycles. The molecule has 9 heteroatoms. The molecule has 1 spiro atoms. The van der Waals surface area contributed by atoms with Crippen molar-refractivity contribution in [3.8, 4) is 0 Å². The Morgan fingerprint density at radius 3 is 2.64 bits per heavy atom. The van der Waals surface area contributed by atoms with Crippen molar-refractivity contribution in [1.82, 2.24) is 9.97 Å². The van der Waals surface area contributed by atoms with Gasteiger partial charge in [0.15, 0.2) is 10.7 Å². The molecule has 0 saturated heterocycles. The maximum absolute atomic E-state index is 13.5. The molecule has 3 N–H and O–H groups in total. The van der Waals surface area contributed by atoms with Gasteiger partial charge < -0.3 is 5.32 Å². The fourth-order valence-corrected chi connectivity index (χ4v) is 5.26. The number of amides is 1. The van der Waals surface area contributed by atoms with E-state index in [-0.39, 0.29) is 17.3 Å². The number of para-hydroxylation sites is 2. The first-order chi connectivity index (χ1) is 13.6. The van der Waals surface area contributed by atoms with E-state index in [1.165, 1.54) is 11.8 Å². The van der Waals surface area contributed by atoms with Gasteiger partial charge in [0, 0.05) is 16.1 Å². The number of hydrogen-bond donors (Lipinski definition) is 3. The Morgan fingerprint density at radius 1 is 0.964 bits per heavy atom. The zero-order valence-corrected chi connectivity index (χ0v) is 15.0. The lowest BCUT2D eigenvalue weighted by molar-refractivity contribution is -0.119. The number of fused-ring (bicyclic) bond motifs is 8. The van der Waals surface area contributed by atoms with Crippen LogP contribution in [-0.2, 0) is 10.3 Å². The van der Waals surface area contributed by atoms with Crippen molar-refractivity contribution >= 4 is 40.0 Å². The van der Waals surface area contributed by atoms with Crippen molar-refractivity contribution in [3.05, 3.63) is 80.5 Å². The third-order valence-corrected chi connectivity index (χ3v) is 6.24. The Kier molecular flexibility index (Phi) is 2.77. The normalized spacial score (nSPS) is 20.9. The molecule has 2 aromatic carbocycles. The molecule has 3 aromatic rings. The van der Waals surface area contributed by atoms with Crippen molar-refractivity contribution in [2.45, 2.75) is 10.4 Å². The SMILES string of the molecule is O=C1Nc2ccccc2C12c1c([nH]c(=O)[nH]c1=O)N=C1Sc3ccccc3N12. The zero-order chi connectivity index (χ0) is 19.0. The number of hydrogen-bond acceptors (Lipinski definition) is 6. The molecule has 6 rings (SSSR count). The van der Waals surface area contributed by atoms with Crippen LogP contribution in [0.25, 0.3) is 0 Å². The molecule has 0 radical (unpaired) electrons. The smallest absolute Gasteiger partial charge is 0.323 e. The molecule has 0 fully saturated rings. The second-order valence-electron chi connectivity index (χ2n) is 6.64. The van der Waals surface area contributed by atoms with E-state index in [2.05, 4.69) is 20.3 Å². The van der Waals surface area contributed by atoms with Gasteiger partial charge in [0.2, 0.25) is 0 Å². The van der Waals surface area contributed by atoms with Crippen LogP contribution in [0, 0.1) is 0 Å². The Morgan fingerprint density at radius 2 is 1.75 bits per heavy atom. The molecule has 0 saturated carbocycles. The number of nitrogens with one attached hydrogen (secondary N) is 3. The van der Waals surface area contributed by atoms with E-state index in [4.69, 9.17) is 0 Å². The number of aliphatic imine (C=N–C) groups is 1. The van der Waals surface area contributed by atoms with E-state index in [9.17, 15) is 14.4 Å². The monoisotopic (exact) mass is 389 g/mol. The van der Waals surface area contributed by atoms with Crippen molar-refractivity contribution in [3.63, 3.8) is 0 Å². The predicted molar refractivity (Wildman–Crippen MR) is 105 cm³/mol. The Labute approximate surface area is 161 Å². The van der Waals surface area contributed by atoms with Gasteiger partial charge in [0.25, 0.3) is 11.5 Å². The number of benzene rings is 2. The number of thioether (sulfide) groups is 1. The van der Waals surface area contributed by atoms with Crippen LogP contribution in [0.1, 0.15) is 11.1 Å². The molecule has 3 aliphatic heterocycles. The van der Waals surface area contributed by atoms with Crippen LogP contribution in [0.15, 0.2) is 68.0 Å². The summed E-state index contributed by atoms with van der Waals surface area (Å²) in [5, 5.41) is 3.42. The van der Waals surface area contributed by atoms with Crippen LogP contribution in [-0.4, -0.2) is 21.0 Å². The van der Waals surface area contributed by atoms with Crippen LogP contribution in [0.3, 0.4) is 0 Å². The van der Waals surface area contributed by atoms with Crippen molar-refractivity contribution < 1.29 is 4.79 Å². The standard InChI is InChI=1S/C19H11N5O3S/c25-15-13-14(21-17(27)23-15)22-18-24(11-7-3-4-8-12(11)28-18)19(13)9-5-1-2-6-10(9)20-16(19)26/h1-8H,(H,20,26)(H2,21,23,25,27). The van der Waals surface area contributed by atoms with Gasteiger partial charge >= 0.3 is 5.69 Å². The number of aromatic amines is 2. The van der Waals surface area contributed by atoms with Crippen LogP contribution in [0.2, 0.25) is 0 Å². The van der Waals surface area contributed by atoms with Gasteiger partial charge in [-0.15, -0.1) is 0 Å². The lowest BCUT2D eigenvalue weighted by Crippen LogP contribution is -2.57. The van der Waals surface area contributed by atoms with E-state index in [1.54, 1.807) is 11.0 Å². The topological polar surface area (TPSA) is 110 Å². The molecule has 1 amide bonds. The average Bonchev–Trinajstić information content (AvgIpc) is 3.17. The van der Waals surface area contributed by atoms with Crippen molar-refractivity contribution in [2.75, 3.05) is 10.2 Å². The van der Waals surface area contributed by atoms with Crippen LogP contribution >= 0.6 is 11.8 Å². The van der Waals surface area contributed by atoms with Gasteiger partial charge in [-0.3, -0.25) is 24.5 Å². The minimum atomic E-state index is -1.46. The van der Waals surface area contributed by atoms with Gasteiger partial charge in [0.1, 0.15) is 11.4 Å². The predicted octanol–water partition coefficient (Wildman–Crippen LogP) is 1.87. The van der Waals surface area contributed by atoms with Gasteiger partial charge in [0.05, 0.1) is 5.69 Å². The number of amidine groups is 1. The highest BCUT2D eigenvalue weighted by atomic mass is 32.2. The molecular weight excluding hydrogens is 378 g/mol. The quantitative estimate of drug-likeness (QED) is 0.544. The first-order valence-corrected chi connectivity index (χ1v) is 9.36. The van der Waals surface area contributed by atoms with E-state index < -0.39 is 16.8 Å². The Balaban J connectivity index is 1.81. The Bertz CT molecular complexity index is 1360. The third kappa shape index (κ3) is 1.67. The number of anilines is 2. The summed E-state index contributed by atoms with van der Waals surface area (Å²) in [4.78, 5) is 50.4. The molecule has 1 unspecified atom stereocenters. The van der Waals surface area contributed by atoms with Crippen molar-refractivity contribution in [1.29, 1.82) is 0 Å². The van der Waals surface area contributed by atoms with Gasteiger partial charge in [-0.2, -0.15) is 0 Å². The maximum atomic E-state index is 13.5. The zero-order valence-electron chi connectivity index (χ0n) is 14.1. The summed E-state index contributed by atoms with van der Waals surface area (Å²) in [6, 6.07) is 14.9. The Hall–Kier alpha value is -3.59. The third-order valence-electron chi connectivity index (χ3n) is 5.22. The fourth-order valence-electron chi connectivity index (χ4n) is 4.19. The number of H-pyrrole nitrogens is 2. The fraction of sp³-hybridized carbons (Fsp3) is 0.0526. The molecule has 136 valence electrons. The van der Waals surface area contributed by atoms with E-state index in [0.29, 0.717) is 16.4 Å². The van der Waals surface area contributed by atoms with Crippen LogP contribution in [0.4, 0.5) is 17.2 Å². The molecule has 8 nitrogen and oxygen atoms in total. The summed E-state index contributed by atoms with van der Waals surface area (Å²) >= 11 is 1.39. The van der Waals surface area contributed by atoms with Crippen LogP contribution in [0.5, 0.6) is 0 Å². The summed E-state index contributed by atoms with van der Waals surface area (Å²) in [5.41, 5.74) is -0.597. The molecule has 3 aliphatic rings. The second kappa shape index (κ2) is 5.02. The number of carbonyl (C=O) groups excluding carboxylic acids is 1. The van der Waals surface area contributed by atoms with Gasteiger partial charge in [-0.1, -0.05) is 30.3 Å². The summed E-state index contributed by atoms with van der Waals surface area (Å²) in [6.45, 7) is 0. The minimum Gasteiger partial charge on any atom is -0.323 e. The number of nitrogens with zero attached hydrogens (tertiary/aromatic N) is 2. The lowest BCUT2D eigenvalue weighted by atomic mass is 9.81. The largest absolute Gasteiger partial charge is 0.327 e. The minimum absolute atomic E-state index is 0.104. The molecular formula is C19H11N5O3S. The number of rotatable bonds is 0. The molecule has 1 aromatic heterocycles. The maximum Gasteiger partial charge on any atom is 0.327 e. The lowest BCUT2D eigenvalue weighted by Gasteiger charge is -2.40. The molecule has 1 atom stereocenters.